The molecule has 1 aliphatic carbocycles. The molecule has 8 heteroatoms. The summed E-state index contributed by atoms with van der Waals surface area (Å²) in [5, 5.41) is 3.47. The monoisotopic (exact) mass is 524 g/mol. The molecule has 0 atom stereocenters. The van der Waals surface area contributed by atoms with Crippen LogP contribution in [-0.4, -0.2) is 48.4 Å². The van der Waals surface area contributed by atoms with Crippen LogP contribution in [0.3, 0.4) is 0 Å². The number of carbonyl (C=O) groups excluding carboxylic acids is 1. The Bertz CT molecular complexity index is 1140. The molecule has 1 N–H and O–H groups in total. The van der Waals surface area contributed by atoms with Crippen LogP contribution in [0.2, 0.25) is 0 Å². The summed E-state index contributed by atoms with van der Waals surface area (Å²) in [6.45, 7) is 7.94. The van der Waals surface area contributed by atoms with Gasteiger partial charge >= 0.3 is 0 Å². The molecule has 1 aliphatic heterocycles. The van der Waals surface area contributed by atoms with E-state index in [1.807, 2.05) is 57.2 Å². The number of nitrogens with one attached hydrogen (secondary N) is 1. The summed E-state index contributed by atoms with van der Waals surface area (Å²) in [4.78, 5) is 14.8. The fourth-order valence-corrected chi connectivity index (χ4v) is 4.88. The summed E-state index contributed by atoms with van der Waals surface area (Å²) in [6.07, 6.45) is 7.24. The van der Waals surface area contributed by atoms with Gasteiger partial charge in [-0.2, -0.15) is 0 Å². The van der Waals surface area contributed by atoms with Gasteiger partial charge in [-0.15, -0.1) is 0 Å². The Kier molecular flexibility index (Phi) is 9.28. The van der Waals surface area contributed by atoms with Crippen LogP contribution in [0.15, 0.2) is 42.1 Å². The molecule has 1 amide bonds. The second kappa shape index (κ2) is 12.8. The van der Waals surface area contributed by atoms with Crippen LogP contribution in [-0.2, 0) is 11.2 Å². The Hall–Kier alpha value is -3.26. The van der Waals surface area contributed by atoms with Crippen molar-refractivity contribution >= 4 is 29.3 Å². The standard InChI is InChI=1S/C29H36N2O5S/c1-4-33-24-13-11-20(18-26(24)34-5-2)15-16-31-28(32)23(30-29(31)37)17-21-12-14-25(27(19-21)35-6-3)36-22-9-7-8-10-22/h11-14,17-19,22H,4-10,15-16H2,1-3H3,(H,30,37)/b23-17+. The molecule has 2 aromatic rings. The molecule has 37 heavy (non-hydrogen) atoms. The predicted molar refractivity (Wildman–Crippen MR) is 148 cm³/mol. The summed E-state index contributed by atoms with van der Waals surface area (Å²) in [6, 6.07) is 11.6. The molecule has 4 rings (SSSR count). The van der Waals surface area contributed by atoms with Crippen molar-refractivity contribution in [2.75, 3.05) is 26.4 Å². The van der Waals surface area contributed by atoms with Gasteiger partial charge in [0.25, 0.3) is 5.91 Å². The van der Waals surface area contributed by atoms with Gasteiger partial charge < -0.3 is 24.3 Å². The minimum Gasteiger partial charge on any atom is -0.490 e. The van der Waals surface area contributed by atoms with E-state index in [1.165, 1.54) is 12.8 Å². The van der Waals surface area contributed by atoms with Gasteiger partial charge in [-0.05, 0) is 107 Å². The summed E-state index contributed by atoms with van der Waals surface area (Å²) in [7, 11) is 0. The van der Waals surface area contributed by atoms with Crippen LogP contribution in [0.5, 0.6) is 23.0 Å². The summed E-state index contributed by atoms with van der Waals surface area (Å²) < 4.78 is 23.4. The average Bonchev–Trinajstić information content (AvgIpc) is 3.49. The second-order valence-electron chi connectivity index (χ2n) is 9.01. The zero-order chi connectivity index (χ0) is 26.2. The molecule has 7 nitrogen and oxygen atoms in total. The van der Waals surface area contributed by atoms with Crippen molar-refractivity contribution in [3.63, 3.8) is 0 Å². The van der Waals surface area contributed by atoms with Crippen molar-refractivity contribution in [3.05, 3.63) is 53.2 Å². The lowest BCUT2D eigenvalue weighted by molar-refractivity contribution is -0.122. The quantitative estimate of drug-likeness (QED) is 0.290. The second-order valence-corrected chi connectivity index (χ2v) is 9.39. The highest BCUT2D eigenvalue weighted by atomic mass is 32.1. The normalized spacial score (nSPS) is 16.8. The number of benzene rings is 2. The highest BCUT2D eigenvalue weighted by molar-refractivity contribution is 7.80. The number of nitrogens with zero attached hydrogens (tertiary/aromatic N) is 1. The smallest absolute Gasteiger partial charge is 0.276 e. The third-order valence-electron chi connectivity index (χ3n) is 6.37. The Morgan fingerprint density at radius 3 is 2.27 bits per heavy atom. The van der Waals surface area contributed by atoms with E-state index >= 15 is 0 Å². The van der Waals surface area contributed by atoms with E-state index in [0.29, 0.717) is 55.1 Å². The zero-order valence-electron chi connectivity index (χ0n) is 21.9. The summed E-state index contributed by atoms with van der Waals surface area (Å²) in [5.74, 6) is 2.72. The van der Waals surface area contributed by atoms with E-state index in [9.17, 15) is 4.79 Å². The molecule has 2 aromatic carbocycles. The van der Waals surface area contributed by atoms with E-state index in [0.717, 1.165) is 35.5 Å². The lowest BCUT2D eigenvalue weighted by Crippen LogP contribution is -2.32. The molecule has 0 unspecified atom stereocenters. The van der Waals surface area contributed by atoms with Crippen LogP contribution in [0, 0.1) is 0 Å². The summed E-state index contributed by atoms with van der Waals surface area (Å²) in [5.41, 5.74) is 2.33. The molecule has 2 fully saturated rings. The Morgan fingerprint density at radius 2 is 1.57 bits per heavy atom. The van der Waals surface area contributed by atoms with Crippen molar-refractivity contribution in [1.29, 1.82) is 0 Å². The van der Waals surface area contributed by atoms with Gasteiger partial charge in [0.05, 0.1) is 25.9 Å². The first-order chi connectivity index (χ1) is 18.0. The van der Waals surface area contributed by atoms with Gasteiger partial charge in [-0.3, -0.25) is 9.69 Å². The molecule has 2 aliphatic rings. The van der Waals surface area contributed by atoms with Crippen molar-refractivity contribution in [1.82, 2.24) is 10.2 Å². The van der Waals surface area contributed by atoms with Gasteiger partial charge in [-0.1, -0.05) is 12.1 Å². The first kappa shape index (κ1) is 26.8. The fourth-order valence-electron chi connectivity index (χ4n) is 4.60. The van der Waals surface area contributed by atoms with Gasteiger partial charge in [0, 0.05) is 6.54 Å². The van der Waals surface area contributed by atoms with E-state index < -0.39 is 0 Å². The van der Waals surface area contributed by atoms with Crippen LogP contribution >= 0.6 is 12.2 Å². The van der Waals surface area contributed by atoms with Crippen LogP contribution < -0.4 is 24.3 Å². The van der Waals surface area contributed by atoms with Gasteiger partial charge in [0.15, 0.2) is 28.1 Å². The SMILES string of the molecule is CCOc1ccc(CCN2C(=O)/C(=C\c3ccc(OC4CCCC4)c(OCC)c3)NC2=S)cc1OCC. The topological polar surface area (TPSA) is 69.3 Å². The van der Waals surface area contributed by atoms with Crippen molar-refractivity contribution in [2.45, 2.75) is 59.0 Å². The number of ether oxygens (including phenoxy) is 4. The number of carbonyl (C=O) groups is 1. The average molecular weight is 525 g/mol. The van der Waals surface area contributed by atoms with Crippen molar-refractivity contribution in [3.8, 4) is 23.0 Å². The third kappa shape index (κ3) is 6.74. The molecule has 0 spiro atoms. The van der Waals surface area contributed by atoms with E-state index in [-0.39, 0.29) is 12.0 Å². The maximum absolute atomic E-state index is 13.2. The maximum Gasteiger partial charge on any atom is 0.276 e. The maximum atomic E-state index is 13.2. The summed E-state index contributed by atoms with van der Waals surface area (Å²) >= 11 is 5.48. The van der Waals surface area contributed by atoms with Crippen molar-refractivity contribution in [2.24, 2.45) is 0 Å². The van der Waals surface area contributed by atoms with E-state index in [4.69, 9.17) is 31.2 Å². The number of rotatable bonds is 12. The molecule has 1 heterocycles. The molecular formula is C29H36N2O5S. The number of hydrogen-bond acceptors (Lipinski definition) is 6. The first-order valence-corrected chi connectivity index (χ1v) is 13.6. The predicted octanol–water partition coefficient (Wildman–Crippen LogP) is 5.50. The molecular weight excluding hydrogens is 488 g/mol. The van der Waals surface area contributed by atoms with Crippen molar-refractivity contribution < 1.29 is 23.7 Å². The van der Waals surface area contributed by atoms with Crippen LogP contribution in [0.4, 0.5) is 0 Å². The Labute approximate surface area is 224 Å². The largest absolute Gasteiger partial charge is 0.490 e. The molecule has 1 saturated heterocycles. The lowest BCUT2D eigenvalue weighted by Gasteiger charge is -2.17. The Morgan fingerprint density at radius 1 is 0.919 bits per heavy atom. The zero-order valence-corrected chi connectivity index (χ0v) is 22.7. The number of thiocarbonyl (C=S) groups is 1. The lowest BCUT2D eigenvalue weighted by atomic mass is 10.1. The first-order valence-electron chi connectivity index (χ1n) is 13.2. The highest BCUT2D eigenvalue weighted by Crippen LogP contribution is 2.33. The number of hydrogen-bond donors (Lipinski definition) is 1. The number of amides is 1. The third-order valence-corrected chi connectivity index (χ3v) is 6.69. The highest BCUT2D eigenvalue weighted by Gasteiger charge is 2.30. The van der Waals surface area contributed by atoms with Crippen LogP contribution in [0.1, 0.15) is 57.6 Å². The van der Waals surface area contributed by atoms with E-state index in [2.05, 4.69) is 5.32 Å². The molecule has 0 bridgehead atoms. The van der Waals surface area contributed by atoms with E-state index in [1.54, 1.807) is 11.0 Å². The fraction of sp³-hybridized carbons (Fsp3) is 0.448. The van der Waals surface area contributed by atoms with Gasteiger partial charge in [0.1, 0.15) is 5.70 Å². The van der Waals surface area contributed by atoms with Gasteiger partial charge in [0.2, 0.25) is 0 Å². The Balaban J connectivity index is 1.44. The van der Waals surface area contributed by atoms with Gasteiger partial charge in [-0.25, -0.2) is 0 Å². The molecule has 0 aromatic heterocycles. The molecule has 1 saturated carbocycles. The minimum atomic E-state index is -0.148. The minimum absolute atomic E-state index is 0.148. The molecule has 0 radical (unpaired) electrons. The van der Waals surface area contributed by atoms with Crippen LogP contribution in [0.25, 0.3) is 6.08 Å². The molecule has 198 valence electrons.